The number of rotatable bonds is 5. The Bertz CT molecular complexity index is 988. The van der Waals surface area contributed by atoms with Gasteiger partial charge in [-0.3, -0.25) is 9.78 Å². The molecule has 5 nitrogen and oxygen atoms in total. The second-order valence-corrected chi connectivity index (χ2v) is 8.95. The standard InChI is InChI=1S/C21H20F3N3O2S/c1-13(2)17-11-25-10-7-14(17)12-26-19(29)27(18(28)20(26)8-9-20)15-3-5-16(6-4-15)30-21(22,23)24/h3-7,10-11,13H,8-9,12H2,1-2H3. The van der Waals surface area contributed by atoms with E-state index in [0.29, 0.717) is 19.4 Å². The van der Waals surface area contributed by atoms with Crippen molar-refractivity contribution in [3.8, 4) is 0 Å². The number of imide groups is 1. The Morgan fingerprint density at radius 1 is 1.13 bits per heavy atom. The van der Waals surface area contributed by atoms with Gasteiger partial charge in [-0.1, -0.05) is 13.8 Å². The number of aromatic nitrogens is 1. The highest BCUT2D eigenvalue weighted by molar-refractivity contribution is 8.00. The molecule has 1 aromatic heterocycles. The molecule has 2 aromatic rings. The number of hydrogen-bond acceptors (Lipinski definition) is 4. The van der Waals surface area contributed by atoms with Crippen molar-refractivity contribution < 1.29 is 22.8 Å². The molecule has 1 aromatic carbocycles. The van der Waals surface area contributed by atoms with Crippen LogP contribution in [0.25, 0.3) is 0 Å². The third kappa shape index (κ3) is 3.66. The lowest BCUT2D eigenvalue weighted by molar-refractivity contribution is -0.120. The molecule has 0 N–H and O–H groups in total. The van der Waals surface area contributed by atoms with Gasteiger partial charge in [-0.2, -0.15) is 13.2 Å². The predicted molar refractivity (Wildman–Crippen MR) is 107 cm³/mol. The van der Waals surface area contributed by atoms with Crippen LogP contribution in [0.1, 0.15) is 43.7 Å². The van der Waals surface area contributed by atoms with E-state index in [0.717, 1.165) is 16.0 Å². The van der Waals surface area contributed by atoms with E-state index < -0.39 is 17.1 Å². The highest BCUT2D eigenvalue weighted by atomic mass is 32.2. The summed E-state index contributed by atoms with van der Waals surface area (Å²) in [6.07, 6.45) is 4.60. The first-order chi connectivity index (χ1) is 14.1. The molecule has 1 aliphatic heterocycles. The summed E-state index contributed by atoms with van der Waals surface area (Å²) in [5.41, 5.74) is -3.02. The van der Waals surface area contributed by atoms with Crippen molar-refractivity contribution in [3.05, 3.63) is 53.9 Å². The number of urea groups is 1. The molecule has 0 radical (unpaired) electrons. The van der Waals surface area contributed by atoms with Crippen molar-refractivity contribution in [1.29, 1.82) is 0 Å². The fraction of sp³-hybridized carbons (Fsp3) is 0.381. The van der Waals surface area contributed by atoms with Crippen molar-refractivity contribution in [3.63, 3.8) is 0 Å². The SMILES string of the molecule is CC(C)c1cnccc1CN1C(=O)N(c2ccc(SC(F)(F)F)cc2)C(=O)C12CC2. The highest BCUT2D eigenvalue weighted by Gasteiger charge is 2.65. The molecule has 9 heteroatoms. The monoisotopic (exact) mass is 435 g/mol. The molecule has 2 aliphatic rings. The summed E-state index contributed by atoms with van der Waals surface area (Å²) in [6.45, 7) is 4.37. The van der Waals surface area contributed by atoms with Gasteiger partial charge >= 0.3 is 11.5 Å². The van der Waals surface area contributed by atoms with Crippen LogP contribution in [-0.4, -0.2) is 32.9 Å². The van der Waals surface area contributed by atoms with Gasteiger partial charge in [-0.15, -0.1) is 0 Å². The summed E-state index contributed by atoms with van der Waals surface area (Å²) < 4.78 is 37.7. The zero-order chi connectivity index (χ0) is 21.7. The molecule has 1 saturated heterocycles. The summed E-state index contributed by atoms with van der Waals surface area (Å²) in [4.78, 5) is 33.1. The Hall–Kier alpha value is -2.55. The van der Waals surface area contributed by atoms with E-state index in [4.69, 9.17) is 0 Å². The molecule has 1 saturated carbocycles. The maximum absolute atomic E-state index is 13.2. The number of carbonyl (C=O) groups is 2. The number of pyridine rings is 1. The van der Waals surface area contributed by atoms with Gasteiger partial charge in [-0.05, 0) is 72.0 Å². The van der Waals surface area contributed by atoms with Gasteiger partial charge in [0.15, 0.2) is 0 Å². The molecule has 1 aliphatic carbocycles. The molecule has 4 rings (SSSR count). The molecule has 0 unspecified atom stereocenters. The largest absolute Gasteiger partial charge is 0.446 e. The Labute approximate surface area is 176 Å². The van der Waals surface area contributed by atoms with E-state index in [-0.39, 0.29) is 34.2 Å². The molecule has 30 heavy (non-hydrogen) atoms. The number of nitrogens with zero attached hydrogens (tertiary/aromatic N) is 3. The smallest absolute Gasteiger partial charge is 0.305 e. The van der Waals surface area contributed by atoms with E-state index in [2.05, 4.69) is 4.98 Å². The second kappa shape index (κ2) is 7.30. The van der Waals surface area contributed by atoms with Crippen LogP contribution < -0.4 is 4.90 Å². The van der Waals surface area contributed by atoms with Gasteiger partial charge in [0.2, 0.25) is 0 Å². The average Bonchev–Trinajstić information content (AvgIpc) is 3.45. The van der Waals surface area contributed by atoms with Gasteiger partial charge in [0, 0.05) is 23.8 Å². The minimum atomic E-state index is -4.39. The molecule has 0 atom stereocenters. The fourth-order valence-corrected chi connectivity index (χ4v) is 4.37. The topological polar surface area (TPSA) is 53.5 Å². The number of hydrogen-bond donors (Lipinski definition) is 0. The van der Waals surface area contributed by atoms with Crippen LogP contribution in [0, 0.1) is 0 Å². The first-order valence-corrected chi connectivity index (χ1v) is 10.4. The summed E-state index contributed by atoms with van der Waals surface area (Å²) in [5, 5.41) is 0. The van der Waals surface area contributed by atoms with Crippen LogP contribution in [0.2, 0.25) is 0 Å². The van der Waals surface area contributed by atoms with Gasteiger partial charge < -0.3 is 4.90 Å². The number of amides is 3. The number of carbonyl (C=O) groups excluding carboxylic acids is 2. The third-order valence-electron chi connectivity index (χ3n) is 5.49. The molecule has 158 valence electrons. The number of thioether (sulfide) groups is 1. The summed E-state index contributed by atoms with van der Waals surface area (Å²) >= 11 is -0.232. The summed E-state index contributed by atoms with van der Waals surface area (Å²) in [7, 11) is 0. The fourth-order valence-electron chi connectivity index (χ4n) is 3.83. The lowest BCUT2D eigenvalue weighted by atomic mass is 9.99. The van der Waals surface area contributed by atoms with Gasteiger partial charge in [0.05, 0.1) is 5.69 Å². The first kappa shape index (κ1) is 20.7. The van der Waals surface area contributed by atoms with Crippen LogP contribution >= 0.6 is 11.8 Å². The Morgan fingerprint density at radius 3 is 2.37 bits per heavy atom. The number of halogens is 3. The Kier molecular flexibility index (Phi) is 5.04. The lowest BCUT2D eigenvalue weighted by Crippen LogP contribution is -2.36. The number of anilines is 1. The molecular formula is C21H20F3N3O2S. The molecule has 1 spiro atoms. The summed E-state index contributed by atoms with van der Waals surface area (Å²) in [6, 6.07) is 6.73. The van der Waals surface area contributed by atoms with Gasteiger partial charge in [-0.25, -0.2) is 9.69 Å². The number of benzene rings is 1. The normalized spacial score (nSPS) is 18.1. The number of alkyl halides is 3. The van der Waals surface area contributed by atoms with E-state index in [1.54, 1.807) is 17.3 Å². The van der Waals surface area contributed by atoms with Crippen LogP contribution in [-0.2, 0) is 11.3 Å². The van der Waals surface area contributed by atoms with E-state index in [1.807, 2.05) is 19.9 Å². The van der Waals surface area contributed by atoms with Crippen LogP contribution in [0.15, 0.2) is 47.6 Å². The van der Waals surface area contributed by atoms with Gasteiger partial charge in [0.25, 0.3) is 5.91 Å². The van der Waals surface area contributed by atoms with E-state index in [1.165, 1.54) is 24.3 Å². The first-order valence-electron chi connectivity index (χ1n) is 9.57. The van der Waals surface area contributed by atoms with E-state index >= 15 is 0 Å². The van der Waals surface area contributed by atoms with Crippen molar-refractivity contribution in [2.75, 3.05) is 4.90 Å². The Balaban J connectivity index is 1.61. The highest BCUT2D eigenvalue weighted by Crippen LogP contribution is 2.50. The quantitative estimate of drug-likeness (QED) is 0.471. The second-order valence-electron chi connectivity index (χ2n) is 7.81. The predicted octanol–water partition coefficient (Wildman–Crippen LogP) is 5.32. The van der Waals surface area contributed by atoms with Crippen LogP contribution in [0.3, 0.4) is 0 Å². The van der Waals surface area contributed by atoms with Crippen molar-refractivity contribution in [2.45, 2.75) is 55.1 Å². The molecule has 0 bridgehead atoms. The van der Waals surface area contributed by atoms with Crippen LogP contribution in [0.4, 0.5) is 23.7 Å². The van der Waals surface area contributed by atoms with Crippen LogP contribution in [0.5, 0.6) is 0 Å². The minimum Gasteiger partial charge on any atom is -0.305 e. The zero-order valence-electron chi connectivity index (χ0n) is 16.4. The molecule has 2 heterocycles. The molecular weight excluding hydrogens is 415 g/mol. The maximum Gasteiger partial charge on any atom is 0.446 e. The maximum atomic E-state index is 13.2. The third-order valence-corrected chi connectivity index (χ3v) is 6.23. The molecule has 2 fully saturated rings. The van der Waals surface area contributed by atoms with Crippen molar-refractivity contribution >= 4 is 29.4 Å². The van der Waals surface area contributed by atoms with E-state index in [9.17, 15) is 22.8 Å². The van der Waals surface area contributed by atoms with Crippen molar-refractivity contribution in [2.24, 2.45) is 0 Å². The van der Waals surface area contributed by atoms with Gasteiger partial charge in [0.1, 0.15) is 5.54 Å². The zero-order valence-corrected chi connectivity index (χ0v) is 17.3. The Morgan fingerprint density at radius 2 is 1.80 bits per heavy atom. The minimum absolute atomic E-state index is 0.00157. The average molecular weight is 435 g/mol. The molecule has 3 amide bonds. The lowest BCUT2D eigenvalue weighted by Gasteiger charge is -2.23. The van der Waals surface area contributed by atoms with Crippen molar-refractivity contribution in [1.82, 2.24) is 9.88 Å². The summed E-state index contributed by atoms with van der Waals surface area (Å²) in [5.74, 6) is -0.101.